The van der Waals surface area contributed by atoms with Crippen LogP contribution in [0.5, 0.6) is 6.01 Å². The van der Waals surface area contributed by atoms with Gasteiger partial charge in [0.15, 0.2) is 0 Å². The van der Waals surface area contributed by atoms with Crippen LogP contribution < -0.4 is 15.4 Å². The minimum absolute atomic E-state index is 0.0475. The molecule has 0 aliphatic heterocycles. The van der Waals surface area contributed by atoms with Crippen LogP contribution in [0.3, 0.4) is 0 Å². The summed E-state index contributed by atoms with van der Waals surface area (Å²) in [5.41, 5.74) is -0.599. The Morgan fingerprint density at radius 1 is 1.35 bits per heavy atom. The highest BCUT2D eigenvalue weighted by Gasteiger charge is 2.26. The number of anilines is 1. The molecule has 0 saturated heterocycles. The van der Waals surface area contributed by atoms with Gasteiger partial charge in [-0.05, 0) is 31.9 Å². The molecule has 0 aromatic carbocycles. The van der Waals surface area contributed by atoms with Gasteiger partial charge in [-0.15, -0.1) is 0 Å². The van der Waals surface area contributed by atoms with Gasteiger partial charge in [0.25, 0.3) is 0 Å². The van der Waals surface area contributed by atoms with Crippen LogP contribution >= 0.6 is 11.6 Å². The number of nitrogens with one attached hydrogen (secondary N) is 2. The number of aromatic nitrogens is 3. The van der Waals surface area contributed by atoms with Crippen molar-refractivity contribution >= 4 is 23.5 Å². The number of hydrogen-bond donors (Lipinski definition) is 2. The van der Waals surface area contributed by atoms with E-state index in [0.29, 0.717) is 13.2 Å². The van der Waals surface area contributed by atoms with Crippen molar-refractivity contribution in [1.82, 2.24) is 20.3 Å². The van der Waals surface area contributed by atoms with E-state index in [9.17, 15) is 4.79 Å². The van der Waals surface area contributed by atoms with E-state index in [1.165, 1.54) is 0 Å². The first-order valence-electron chi connectivity index (χ1n) is 6.39. The smallest absolute Gasteiger partial charge is 0.322 e. The summed E-state index contributed by atoms with van der Waals surface area (Å²) in [6.07, 6.45) is 0.843. The average molecular weight is 302 g/mol. The molecular formula is C12H20ClN5O2. The van der Waals surface area contributed by atoms with E-state index < -0.39 is 5.41 Å². The maximum atomic E-state index is 11.7. The molecular weight excluding hydrogens is 282 g/mol. The number of ether oxygens (including phenoxy) is 1. The van der Waals surface area contributed by atoms with Crippen LogP contribution in [0, 0.1) is 5.41 Å². The molecule has 20 heavy (non-hydrogen) atoms. The van der Waals surface area contributed by atoms with Crippen LogP contribution in [0.25, 0.3) is 0 Å². The van der Waals surface area contributed by atoms with Crippen molar-refractivity contribution in [2.24, 2.45) is 5.41 Å². The van der Waals surface area contributed by atoms with Gasteiger partial charge in [-0.2, -0.15) is 15.0 Å². The number of hydrogen-bond acceptors (Lipinski definition) is 6. The molecule has 8 heteroatoms. The lowest BCUT2D eigenvalue weighted by molar-refractivity contribution is -0.128. The minimum Gasteiger partial charge on any atom is -0.463 e. The van der Waals surface area contributed by atoms with Gasteiger partial charge in [0.1, 0.15) is 0 Å². The highest BCUT2D eigenvalue weighted by atomic mass is 35.5. The monoisotopic (exact) mass is 301 g/mol. The van der Waals surface area contributed by atoms with Gasteiger partial charge < -0.3 is 15.4 Å². The molecule has 0 fully saturated rings. The summed E-state index contributed by atoms with van der Waals surface area (Å²) in [6.45, 7) is 6.48. The van der Waals surface area contributed by atoms with Gasteiger partial charge in [0, 0.05) is 13.6 Å². The molecule has 0 bridgehead atoms. The molecule has 7 nitrogen and oxygen atoms in total. The zero-order valence-electron chi connectivity index (χ0n) is 12.2. The Kier molecular flexibility index (Phi) is 5.94. The first kappa shape index (κ1) is 16.4. The molecule has 0 radical (unpaired) electrons. The lowest BCUT2D eigenvalue weighted by Crippen LogP contribution is -2.39. The average Bonchev–Trinajstić information content (AvgIpc) is 2.41. The molecule has 1 aromatic heterocycles. The zero-order chi connectivity index (χ0) is 15.2. The standard InChI is InChI=1S/C12H20ClN5O2/c1-5-6-20-11-17-9(13)16-10(18-11)15-7-12(2,3)8(19)14-4/h5-7H2,1-4H3,(H,14,19)(H,15,16,17,18). The highest BCUT2D eigenvalue weighted by Crippen LogP contribution is 2.17. The van der Waals surface area contributed by atoms with E-state index in [4.69, 9.17) is 16.3 Å². The Hall–Kier alpha value is -1.63. The SMILES string of the molecule is CCCOc1nc(Cl)nc(NCC(C)(C)C(=O)NC)n1. The van der Waals surface area contributed by atoms with Gasteiger partial charge in [0.05, 0.1) is 12.0 Å². The van der Waals surface area contributed by atoms with E-state index in [0.717, 1.165) is 6.42 Å². The van der Waals surface area contributed by atoms with Crippen LogP contribution in [0.15, 0.2) is 0 Å². The van der Waals surface area contributed by atoms with Crippen molar-refractivity contribution in [3.63, 3.8) is 0 Å². The zero-order valence-corrected chi connectivity index (χ0v) is 12.9. The first-order chi connectivity index (χ1) is 9.39. The van der Waals surface area contributed by atoms with Crippen molar-refractivity contribution in [2.75, 3.05) is 25.5 Å². The van der Waals surface area contributed by atoms with Gasteiger partial charge in [-0.25, -0.2) is 0 Å². The fourth-order valence-corrected chi connectivity index (χ4v) is 1.54. The van der Waals surface area contributed by atoms with Crippen LogP contribution in [-0.4, -0.2) is 41.1 Å². The van der Waals surface area contributed by atoms with Gasteiger partial charge in [0.2, 0.25) is 17.1 Å². The Morgan fingerprint density at radius 3 is 2.65 bits per heavy atom. The second kappa shape index (κ2) is 7.23. The van der Waals surface area contributed by atoms with Crippen LogP contribution in [0.1, 0.15) is 27.2 Å². The summed E-state index contributed by atoms with van der Waals surface area (Å²) in [5.74, 6) is 0.209. The maximum Gasteiger partial charge on any atom is 0.322 e. The molecule has 0 unspecified atom stereocenters. The van der Waals surface area contributed by atoms with Crippen LogP contribution in [-0.2, 0) is 4.79 Å². The third-order valence-electron chi connectivity index (χ3n) is 2.55. The summed E-state index contributed by atoms with van der Waals surface area (Å²) < 4.78 is 5.31. The Morgan fingerprint density at radius 2 is 2.05 bits per heavy atom. The molecule has 0 atom stereocenters. The molecule has 0 aliphatic carbocycles. The van der Waals surface area contributed by atoms with Gasteiger partial charge in [-0.1, -0.05) is 6.92 Å². The number of carbonyl (C=O) groups excluding carboxylic acids is 1. The number of carbonyl (C=O) groups is 1. The second-order valence-corrected chi connectivity index (χ2v) is 5.21. The molecule has 1 heterocycles. The quantitative estimate of drug-likeness (QED) is 0.793. The van der Waals surface area contributed by atoms with E-state index in [2.05, 4.69) is 25.6 Å². The van der Waals surface area contributed by atoms with E-state index in [1.807, 2.05) is 20.8 Å². The van der Waals surface area contributed by atoms with Crippen molar-refractivity contribution in [3.05, 3.63) is 5.28 Å². The fraction of sp³-hybridized carbons (Fsp3) is 0.667. The lowest BCUT2D eigenvalue weighted by Gasteiger charge is -2.22. The lowest BCUT2D eigenvalue weighted by atomic mass is 9.92. The normalized spacial score (nSPS) is 11.1. The third-order valence-corrected chi connectivity index (χ3v) is 2.72. The van der Waals surface area contributed by atoms with E-state index in [1.54, 1.807) is 7.05 Å². The molecule has 112 valence electrons. The highest BCUT2D eigenvalue weighted by molar-refractivity contribution is 6.28. The number of rotatable bonds is 7. The first-order valence-corrected chi connectivity index (χ1v) is 6.77. The Balaban J connectivity index is 2.72. The van der Waals surface area contributed by atoms with Gasteiger partial charge >= 0.3 is 6.01 Å². The van der Waals surface area contributed by atoms with Crippen molar-refractivity contribution < 1.29 is 9.53 Å². The predicted octanol–water partition coefficient (Wildman–Crippen LogP) is 1.50. The van der Waals surface area contributed by atoms with Crippen molar-refractivity contribution in [1.29, 1.82) is 0 Å². The second-order valence-electron chi connectivity index (χ2n) is 4.88. The number of halogens is 1. The summed E-state index contributed by atoms with van der Waals surface area (Å²) >= 11 is 5.81. The molecule has 0 spiro atoms. The van der Waals surface area contributed by atoms with Crippen LogP contribution in [0.4, 0.5) is 5.95 Å². The predicted molar refractivity (Wildman–Crippen MR) is 77.0 cm³/mol. The van der Waals surface area contributed by atoms with Crippen LogP contribution in [0.2, 0.25) is 5.28 Å². The largest absolute Gasteiger partial charge is 0.463 e. The summed E-state index contributed by atoms with van der Waals surface area (Å²) in [5, 5.41) is 5.63. The summed E-state index contributed by atoms with van der Waals surface area (Å²) in [4.78, 5) is 23.6. The molecule has 0 saturated carbocycles. The topological polar surface area (TPSA) is 89.0 Å². The van der Waals surface area contributed by atoms with Crippen molar-refractivity contribution in [2.45, 2.75) is 27.2 Å². The number of nitrogens with zero attached hydrogens (tertiary/aromatic N) is 3. The number of amides is 1. The minimum atomic E-state index is -0.599. The maximum absolute atomic E-state index is 11.7. The summed E-state index contributed by atoms with van der Waals surface area (Å²) in [7, 11) is 1.60. The fourth-order valence-electron chi connectivity index (χ4n) is 1.39. The van der Waals surface area contributed by atoms with E-state index >= 15 is 0 Å². The Labute approximate surface area is 123 Å². The van der Waals surface area contributed by atoms with E-state index in [-0.39, 0.29) is 23.1 Å². The molecule has 2 N–H and O–H groups in total. The summed E-state index contributed by atoms with van der Waals surface area (Å²) in [6, 6.07) is 0.173. The Bertz CT molecular complexity index is 467. The molecule has 1 amide bonds. The molecule has 0 aliphatic rings. The third kappa shape index (κ3) is 4.80. The van der Waals surface area contributed by atoms with Gasteiger partial charge in [-0.3, -0.25) is 4.79 Å². The molecule has 1 aromatic rings. The van der Waals surface area contributed by atoms with Crippen molar-refractivity contribution in [3.8, 4) is 6.01 Å². The molecule has 1 rings (SSSR count).